The van der Waals surface area contributed by atoms with E-state index >= 15 is 0 Å². The molecule has 0 spiro atoms. The maximum absolute atomic E-state index is 13.0. The minimum Gasteiger partial charge on any atom is -0.493 e. The Morgan fingerprint density at radius 1 is 1.03 bits per heavy atom. The summed E-state index contributed by atoms with van der Waals surface area (Å²) in [5.74, 6) is -0.231. The average Bonchev–Trinajstić information content (AvgIpc) is 3.27. The molecule has 34 heavy (non-hydrogen) atoms. The molecule has 0 saturated carbocycles. The first-order valence-corrected chi connectivity index (χ1v) is 12.5. The predicted octanol–water partition coefficient (Wildman–Crippen LogP) is 4.07. The fraction of sp³-hybridized carbons (Fsp3) is 0.375. The molecule has 0 aromatic heterocycles. The lowest BCUT2D eigenvalue weighted by molar-refractivity contribution is -0.114. The molecule has 1 amide bonds. The largest absolute Gasteiger partial charge is 0.493 e. The van der Waals surface area contributed by atoms with Crippen molar-refractivity contribution in [2.75, 3.05) is 31.6 Å². The number of hydrogen-bond donors (Lipinski definition) is 0. The van der Waals surface area contributed by atoms with Crippen molar-refractivity contribution in [3.63, 3.8) is 0 Å². The molecule has 0 N–H and O–H groups in total. The third kappa shape index (κ3) is 5.07. The fourth-order valence-electron chi connectivity index (χ4n) is 4.26. The summed E-state index contributed by atoms with van der Waals surface area (Å²) in [6.07, 6.45) is 6.28. The summed E-state index contributed by atoms with van der Waals surface area (Å²) in [5, 5.41) is 0. The van der Waals surface area contributed by atoms with Crippen molar-refractivity contribution in [2.45, 2.75) is 37.2 Å². The van der Waals surface area contributed by atoms with Crippen molar-refractivity contribution in [3.8, 4) is 11.5 Å². The van der Waals surface area contributed by atoms with E-state index in [2.05, 4.69) is 4.74 Å². The number of carbonyl (C=O) groups excluding carboxylic acids is 1. The molecule has 2 aliphatic heterocycles. The third-order valence-electron chi connectivity index (χ3n) is 5.99. The Hall–Kier alpha value is -2.98. The molecule has 0 atom stereocenters. The number of amides is 1. The molecule has 10 heteroatoms. The average molecular weight is 493 g/mol. The minimum absolute atomic E-state index is 0.0928. The lowest BCUT2D eigenvalue weighted by atomic mass is 10.1. The molecule has 7 nitrogen and oxygen atoms in total. The second-order valence-electron chi connectivity index (χ2n) is 8.12. The van der Waals surface area contributed by atoms with Gasteiger partial charge in [0.1, 0.15) is 0 Å². The molecular weight excluding hydrogens is 466 g/mol. The maximum atomic E-state index is 13.0. The Kier molecular flexibility index (Phi) is 7.18. The van der Waals surface area contributed by atoms with Gasteiger partial charge in [0, 0.05) is 31.4 Å². The number of hydrogen-bond acceptors (Lipinski definition) is 5. The van der Waals surface area contributed by atoms with Crippen LogP contribution in [0.2, 0.25) is 0 Å². The first-order valence-electron chi connectivity index (χ1n) is 11.0. The van der Waals surface area contributed by atoms with Crippen LogP contribution in [0.5, 0.6) is 11.5 Å². The van der Waals surface area contributed by atoms with E-state index in [1.54, 1.807) is 35.2 Å². The first-order chi connectivity index (χ1) is 16.3. The molecule has 0 bridgehead atoms. The van der Waals surface area contributed by atoms with Gasteiger partial charge >= 0.3 is 6.61 Å². The number of nitrogens with zero attached hydrogens (tertiary/aromatic N) is 2. The number of fused-ring (bicyclic) bond motifs is 1. The standard InChI is InChI=1S/C24H26F2N2O5S/c1-32-22-15-17(5-9-21(22)33-24(25)26)6-10-23(29)28-14-11-18-16-19(7-8-20(18)28)34(30,31)27-12-3-2-4-13-27/h5-10,15-16,24H,2-4,11-14H2,1H3/b10-6+. The highest BCUT2D eigenvalue weighted by atomic mass is 32.2. The van der Waals surface area contributed by atoms with Crippen molar-refractivity contribution in [2.24, 2.45) is 0 Å². The third-order valence-corrected chi connectivity index (χ3v) is 7.88. The molecule has 0 unspecified atom stereocenters. The van der Waals surface area contributed by atoms with Crippen LogP contribution >= 0.6 is 0 Å². The van der Waals surface area contributed by atoms with Gasteiger partial charge in [-0.05, 0) is 66.8 Å². The monoisotopic (exact) mass is 492 g/mol. The van der Waals surface area contributed by atoms with Crippen LogP contribution in [0.25, 0.3) is 6.08 Å². The number of halogens is 2. The normalized spacial score (nSPS) is 16.8. The second kappa shape index (κ2) is 10.1. The summed E-state index contributed by atoms with van der Waals surface area (Å²) in [5.41, 5.74) is 2.08. The van der Waals surface area contributed by atoms with Gasteiger partial charge in [-0.25, -0.2) is 8.42 Å². The number of methoxy groups -OCH3 is 1. The molecule has 2 heterocycles. The van der Waals surface area contributed by atoms with Crippen molar-refractivity contribution < 1.29 is 31.5 Å². The Morgan fingerprint density at radius 3 is 2.50 bits per heavy atom. The SMILES string of the molecule is COc1cc(/C=C/C(=O)N2CCc3cc(S(=O)(=O)N4CCCCC4)ccc32)ccc1OC(F)F. The van der Waals surface area contributed by atoms with Crippen LogP contribution in [-0.4, -0.2) is 52.0 Å². The van der Waals surface area contributed by atoms with E-state index < -0.39 is 16.6 Å². The van der Waals surface area contributed by atoms with Gasteiger partial charge in [0.2, 0.25) is 10.0 Å². The van der Waals surface area contributed by atoms with Crippen LogP contribution in [0.1, 0.15) is 30.4 Å². The number of alkyl halides is 2. The number of anilines is 1. The molecule has 2 aliphatic rings. The van der Waals surface area contributed by atoms with Gasteiger partial charge in [-0.2, -0.15) is 13.1 Å². The number of carbonyl (C=O) groups is 1. The van der Waals surface area contributed by atoms with Gasteiger partial charge in [-0.15, -0.1) is 0 Å². The van der Waals surface area contributed by atoms with Crippen LogP contribution in [0.4, 0.5) is 14.5 Å². The lowest BCUT2D eigenvalue weighted by Gasteiger charge is -2.26. The van der Waals surface area contributed by atoms with Crippen molar-refractivity contribution >= 4 is 27.7 Å². The summed E-state index contributed by atoms with van der Waals surface area (Å²) >= 11 is 0. The predicted molar refractivity (Wildman–Crippen MR) is 124 cm³/mol. The van der Waals surface area contributed by atoms with Gasteiger partial charge in [0.05, 0.1) is 12.0 Å². The molecule has 1 saturated heterocycles. The van der Waals surface area contributed by atoms with Crippen LogP contribution in [0.15, 0.2) is 47.4 Å². The summed E-state index contributed by atoms with van der Waals surface area (Å²) in [6, 6.07) is 9.30. The number of piperidine rings is 1. The molecule has 182 valence electrons. The van der Waals surface area contributed by atoms with Crippen molar-refractivity contribution in [1.82, 2.24) is 4.31 Å². The Balaban J connectivity index is 1.49. The molecule has 2 aromatic rings. The summed E-state index contributed by atoms with van der Waals surface area (Å²) in [4.78, 5) is 14.7. The van der Waals surface area contributed by atoms with E-state index in [4.69, 9.17) is 4.74 Å². The van der Waals surface area contributed by atoms with Gasteiger partial charge in [0.15, 0.2) is 11.5 Å². The van der Waals surface area contributed by atoms with Gasteiger partial charge in [-0.1, -0.05) is 12.5 Å². The molecule has 1 fully saturated rings. The lowest BCUT2D eigenvalue weighted by Crippen LogP contribution is -2.35. The zero-order valence-electron chi connectivity index (χ0n) is 18.7. The highest BCUT2D eigenvalue weighted by Crippen LogP contribution is 2.33. The Labute approximate surface area is 197 Å². The fourth-order valence-corrected chi connectivity index (χ4v) is 5.83. The number of ether oxygens (including phenoxy) is 2. The first kappa shape index (κ1) is 24.2. The molecular formula is C24H26F2N2O5S. The van der Waals surface area contributed by atoms with Crippen LogP contribution < -0.4 is 14.4 Å². The van der Waals surface area contributed by atoms with E-state index in [-0.39, 0.29) is 22.3 Å². The van der Waals surface area contributed by atoms with E-state index in [9.17, 15) is 22.0 Å². The summed E-state index contributed by atoms with van der Waals surface area (Å²) < 4.78 is 61.9. The zero-order chi connectivity index (χ0) is 24.3. The van der Waals surface area contributed by atoms with Crippen LogP contribution in [0.3, 0.4) is 0 Å². The number of sulfonamides is 1. The molecule has 0 aliphatic carbocycles. The van der Waals surface area contributed by atoms with E-state index in [1.165, 1.54) is 29.6 Å². The van der Waals surface area contributed by atoms with Gasteiger partial charge < -0.3 is 14.4 Å². The highest BCUT2D eigenvalue weighted by molar-refractivity contribution is 7.89. The molecule has 2 aromatic carbocycles. The quantitative estimate of drug-likeness (QED) is 0.545. The van der Waals surface area contributed by atoms with Crippen molar-refractivity contribution in [3.05, 3.63) is 53.6 Å². The molecule has 4 rings (SSSR count). The summed E-state index contributed by atoms with van der Waals surface area (Å²) in [7, 11) is -2.20. The maximum Gasteiger partial charge on any atom is 0.387 e. The smallest absolute Gasteiger partial charge is 0.387 e. The van der Waals surface area contributed by atoms with Crippen molar-refractivity contribution in [1.29, 1.82) is 0 Å². The van der Waals surface area contributed by atoms with E-state index in [0.717, 1.165) is 24.8 Å². The topological polar surface area (TPSA) is 76.2 Å². The number of rotatable bonds is 7. The van der Waals surface area contributed by atoms with Gasteiger partial charge in [-0.3, -0.25) is 4.79 Å². The highest BCUT2D eigenvalue weighted by Gasteiger charge is 2.29. The van der Waals surface area contributed by atoms with E-state index in [1.807, 2.05) is 0 Å². The summed E-state index contributed by atoms with van der Waals surface area (Å²) in [6.45, 7) is -1.46. The van der Waals surface area contributed by atoms with Gasteiger partial charge in [0.25, 0.3) is 5.91 Å². The van der Waals surface area contributed by atoms with E-state index in [0.29, 0.717) is 37.3 Å². The second-order valence-corrected chi connectivity index (χ2v) is 10.1. The Bertz CT molecular complexity index is 1190. The Morgan fingerprint density at radius 2 is 1.79 bits per heavy atom. The minimum atomic E-state index is -3.54. The molecule has 0 radical (unpaired) electrons. The zero-order valence-corrected chi connectivity index (χ0v) is 19.6. The number of benzene rings is 2. The van der Waals surface area contributed by atoms with Crippen LogP contribution in [-0.2, 0) is 21.2 Å². The van der Waals surface area contributed by atoms with Crippen LogP contribution in [0, 0.1) is 0 Å².